The fraction of sp³-hybridized carbons (Fsp3) is 0.125. The molecule has 2 aromatic carbocycles. The Balaban J connectivity index is 1.88. The van der Waals surface area contributed by atoms with Crippen LogP contribution in [0.2, 0.25) is 0 Å². The Kier molecular flexibility index (Phi) is 5.96. The summed E-state index contributed by atoms with van der Waals surface area (Å²) in [5, 5.41) is 21.9. The van der Waals surface area contributed by atoms with Crippen LogP contribution in [0.5, 0.6) is 0 Å². The molecule has 25 heavy (non-hydrogen) atoms. The zero-order chi connectivity index (χ0) is 18.4. The van der Waals surface area contributed by atoms with Gasteiger partial charge >= 0.3 is 5.97 Å². The summed E-state index contributed by atoms with van der Waals surface area (Å²) in [5.41, 5.74) is 1.07. The number of nitro benzene ring substituents is 1. The average Bonchev–Trinajstić information content (AvgIpc) is 2.55. The molecule has 1 atom stereocenters. The normalized spacial score (nSPS) is 11.5. The number of anilines is 1. The van der Waals surface area contributed by atoms with Gasteiger partial charge in [-0.25, -0.2) is 4.79 Å². The topological polar surface area (TPSA) is 127 Å². The molecule has 1 unspecified atom stereocenters. The van der Waals surface area contributed by atoms with Crippen LogP contribution in [-0.2, 0) is 21.3 Å². The van der Waals surface area contributed by atoms with Crippen molar-refractivity contribution < 1.29 is 23.8 Å². The van der Waals surface area contributed by atoms with Crippen LogP contribution < -0.4 is 5.32 Å². The predicted molar refractivity (Wildman–Crippen MR) is 91.8 cm³/mol. The third-order valence-corrected chi connectivity index (χ3v) is 4.42. The molecule has 9 heteroatoms. The summed E-state index contributed by atoms with van der Waals surface area (Å²) in [6.45, 7) is 0. The summed E-state index contributed by atoms with van der Waals surface area (Å²) in [6.07, 6.45) is 0. The first kappa shape index (κ1) is 18.3. The lowest BCUT2D eigenvalue weighted by Crippen LogP contribution is -2.20. The summed E-state index contributed by atoms with van der Waals surface area (Å²) in [7, 11) is -1.48. The van der Waals surface area contributed by atoms with Crippen molar-refractivity contribution in [2.45, 2.75) is 5.75 Å². The highest BCUT2D eigenvalue weighted by atomic mass is 32.2. The van der Waals surface area contributed by atoms with E-state index in [0.717, 1.165) is 0 Å². The average molecular weight is 362 g/mol. The van der Waals surface area contributed by atoms with E-state index in [0.29, 0.717) is 11.3 Å². The van der Waals surface area contributed by atoms with Gasteiger partial charge in [0.1, 0.15) is 5.75 Å². The molecule has 0 aliphatic carbocycles. The number of carbonyl (C=O) groups excluding carboxylic acids is 1. The maximum atomic E-state index is 12.0. The van der Waals surface area contributed by atoms with Crippen molar-refractivity contribution in [1.82, 2.24) is 0 Å². The van der Waals surface area contributed by atoms with E-state index in [1.807, 2.05) is 0 Å². The fourth-order valence-electron chi connectivity index (χ4n) is 1.99. The van der Waals surface area contributed by atoms with Crippen molar-refractivity contribution >= 4 is 34.1 Å². The molecule has 0 spiro atoms. The van der Waals surface area contributed by atoms with E-state index in [4.69, 9.17) is 5.11 Å². The monoisotopic (exact) mass is 362 g/mol. The first-order valence-corrected chi connectivity index (χ1v) is 8.55. The Labute approximate surface area is 145 Å². The van der Waals surface area contributed by atoms with Gasteiger partial charge < -0.3 is 10.4 Å². The number of nitrogens with one attached hydrogen (secondary N) is 1. The molecule has 130 valence electrons. The smallest absolute Gasteiger partial charge is 0.335 e. The second-order valence-electron chi connectivity index (χ2n) is 5.08. The van der Waals surface area contributed by atoms with E-state index in [1.54, 1.807) is 0 Å². The Bertz CT molecular complexity index is 748. The van der Waals surface area contributed by atoms with Gasteiger partial charge in [0.15, 0.2) is 0 Å². The Hall–Kier alpha value is -3.07. The van der Waals surface area contributed by atoms with Crippen LogP contribution in [-0.4, -0.2) is 31.9 Å². The molecular formula is C16H14N2O6S. The standard InChI is InChI=1S/C16H14N2O6S/c19-15(17-13-5-3-12(4-6-13)16(20)21)10-25(24)9-11-1-7-14(8-2-11)18(22)23/h1-8H,9-10H2,(H,17,19)(H,20,21). The molecule has 8 nitrogen and oxygen atoms in total. The van der Waals surface area contributed by atoms with Gasteiger partial charge in [-0.05, 0) is 29.8 Å². The highest BCUT2D eigenvalue weighted by molar-refractivity contribution is 7.84. The van der Waals surface area contributed by atoms with Gasteiger partial charge in [0, 0.05) is 34.4 Å². The van der Waals surface area contributed by atoms with Crippen LogP contribution in [0, 0.1) is 10.1 Å². The van der Waals surface area contributed by atoms with E-state index in [1.165, 1.54) is 48.5 Å². The second-order valence-corrected chi connectivity index (χ2v) is 6.54. The minimum Gasteiger partial charge on any atom is -0.478 e. The summed E-state index contributed by atoms with van der Waals surface area (Å²) in [5.74, 6) is -1.67. The third kappa shape index (κ3) is 5.50. The summed E-state index contributed by atoms with van der Waals surface area (Å²) >= 11 is 0. The van der Waals surface area contributed by atoms with Crippen molar-refractivity contribution in [2.24, 2.45) is 0 Å². The van der Waals surface area contributed by atoms with Gasteiger partial charge in [-0.3, -0.25) is 19.1 Å². The van der Waals surface area contributed by atoms with Gasteiger partial charge in [-0.1, -0.05) is 12.1 Å². The van der Waals surface area contributed by atoms with Crippen molar-refractivity contribution in [2.75, 3.05) is 11.1 Å². The van der Waals surface area contributed by atoms with Crippen LogP contribution in [0.4, 0.5) is 11.4 Å². The highest BCUT2D eigenvalue weighted by Crippen LogP contribution is 2.14. The molecule has 0 radical (unpaired) electrons. The first-order valence-electron chi connectivity index (χ1n) is 7.06. The first-order chi connectivity index (χ1) is 11.8. The molecule has 0 bridgehead atoms. The van der Waals surface area contributed by atoms with Crippen molar-refractivity contribution in [1.29, 1.82) is 0 Å². The minimum atomic E-state index is -1.48. The number of non-ortho nitro benzene ring substituents is 1. The maximum absolute atomic E-state index is 12.0. The van der Waals surface area contributed by atoms with Crippen molar-refractivity contribution in [3.8, 4) is 0 Å². The van der Waals surface area contributed by atoms with Crippen LogP contribution in [0.1, 0.15) is 15.9 Å². The lowest BCUT2D eigenvalue weighted by atomic mass is 10.2. The van der Waals surface area contributed by atoms with E-state index < -0.39 is 27.6 Å². The number of carbonyl (C=O) groups is 2. The number of carboxylic acid groups (broad SMARTS) is 1. The number of amides is 1. The SMILES string of the molecule is O=C(CS(=O)Cc1ccc([N+](=O)[O-])cc1)Nc1ccc(C(=O)O)cc1. The zero-order valence-electron chi connectivity index (χ0n) is 12.9. The molecule has 0 aromatic heterocycles. The summed E-state index contributed by atoms with van der Waals surface area (Å²) in [4.78, 5) is 32.7. The number of rotatable bonds is 7. The Morgan fingerprint density at radius 1 is 1.08 bits per heavy atom. The second kappa shape index (κ2) is 8.15. The maximum Gasteiger partial charge on any atom is 0.335 e. The van der Waals surface area contributed by atoms with Gasteiger partial charge in [0.05, 0.1) is 10.5 Å². The molecule has 0 saturated heterocycles. The van der Waals surface area contributed by atoms with Crippen molar-refractivity contribution in [3.05, 3.63) is 69.8 Å². The van der Waals surface area contributed by atoms with Gasteiger partial charge in [-0.2, -0.15) is 0 Å². The number of aromatic carboxylic acids is 1. The molecule has 0 heterocycles. The lowest BCUT2D eigenvalue weighted by Gasteiger charge is -2.06. The number of hydrogen-bond donors (Lipinski definition) is 2. The summed E-state index contributed by atoms with van der Waals surface area (Å²) < 4.78 is 12.0. The van der Waals surface area contributed by atoms with Crippen LogP contribution in [0.3, 0.4) is 0 Å². The number of nitro groups is 1. The van der Waals surface area contributed by atoms with Crippen LogP contribution >= 0.6 is 0 Å². The fourth-order valence-corrected chi connectivity index (χ4v) is 3.02. The predicted octanol–water partition coefficient (Wildman–Crippen LogP) is 2.18. The van der Waals surface area contributed by atoms with E-state index in [-0.39, 0.29) is 22.8 Å². The molecule has 0 fully saturated rings. The largest absolute Gasteiger partial charge is 0.478 e. The molecule has 0 aliphatic heterocycles. The zero-order valence-corrected chi connectivity index (χ0v) is 13.7. The van der Waals surface area contributed by atoms with Gasteiger partial charge in [0.25, 0.3) is 5.69 Å². The molecule has 2 N–H and O–H groups in total. The van der Waals surface area contributed by atoms with Crippen LogP contribution in [0.15, 0.2) is 48.5 Å². The van der Waals surface area contributed by atoms with Gasteiger partial charge in [0.2, 0.25) is 5.91 Å². The van der Waals surface area contributed by atoms with Gasteiger partial charge in [-0.15, -0.1) is 0 Å². The van der Waals surface area contributed by atoms with E-state index in [9.17, 15) is 23.9 Å². The molecule has 0 aliphatic rings. The van der Waals surface area contributed by atoms with Crippen molar-refractivity contribution in [3.63, 3.8) is 0 Å². The number of benzene rings is 2. The third-order valence-electron chi connectivity index (χ3n) is 3.18. The van der Waals surface area contributed by atoms with E-state index >= 15 is 0 Å². The lowest BCUT2D eigenvalue weighted by molar-refractivity contribution is -0.384. The highest BCUT2D eigenvalue weighted by Gasteiger charge is 2.11. The molecule has 1 amide bonds. The number of hydrogen-bond acceptors (Lipinski definition) is 5. The molecule has 2 aromatic rings. The molecule has 2 rings (SSSR count). The Morgan fingerprint density at radius 3 is 2.20 bits per heavy atom. The molecule has 0 saturated carbocycles. The quantitative estimate of drug-likeness (QED) is 0.574. The molecular weight excluding hydrogens is 348 g/mol. The minimum absolute atomic E-state index is 0.0583. The van der Waals surface area contributed by atoms with E-state index in [2.05, 4.69) is 5.32 Å². The van der Waals surface area contributed by atoms with Crippen LogP contribution in [0.25, 0.3) is 0 Å². The summed E-state index contributed by atoms with van der Waals surface area (Å²) in [6, 6.07) is 11.2. The Morgan fingerprint density at radius 2 is 1.68 bits per heavy atom. The number of nitrogens with zero attached hydrogens (tertiary/aromatic N) is 1. The number of carboxylic acids is 1.